The highest BCUT2D eigenvalue weighted by atomic mass is 31.2. The number of rotatable bonds is 7. The fourth-order valence-corrected chi connectivity index (χ4v) is 9.20. The molecule has 1 rings (SSSR count). The van der Waals surface area contributed by atoms with Gasteiger partial charge in [0.05, 0.1) is 18.5 Å². The van der Waals surface area contributed by atoms with Crippen LogP contribution in [0.1, 0.15) is 12.8 Å². The van der Waals surface area contributed by atoms with Gasteiger partial charge in [0.15, 0.2) is 8.32 Å². The van der Waals surface area contributed by atoms with Crippen molar-refractivity contribution in [1.82, 2.24) is 0 Å². The zero-order chi connectivity index (χ0) is 17.2. The van der Waals surface area contributed by atoms with Crippen molar-refractivity contribution in [2.45, 2.75) is 57.8 Å². The Labute approximate surface area is 134 Å². The van der Waals surface area contributed by atoms with Gasteiger partial charge in [-0.3, -0.25) is 14.2 Å². The topological polar surface area (TPSA) is 78.9 Å². The van der Waals surface area contributed by atoms with Crippen LogP contribution in [0.4, 0.5) is 0 Å². The summed E-state index contributed by atoms with van der Waals surface area (Å²) < 4.78 is 29.4. The summed E-state index contributed by atoms with van der Waals surface area (Å²) in [6, 6.07) is 0. The van der Waals surface area contributed by atoms with Gasteiger partial charge in [0.1, 0.15) is 6.61 Å². The molecule has 0 aliphatic carbocycles. The molecule has 0 radical (unpaired) electrons. The molecule has 1 saturated heterocycles. The minimum atomic E-state index is -3.11. The predicted octanol–water partition coefficient (Wildman–Crippen LogP) is 3.20. The maximum atomic E-state index is 13.2. The van der Waals surface area contributed by atoms with Crippen LogP contribution in [0.25, 0.3) is 0 Å². The smallest absolute Gasteiger partial charge is 0.306 e. The van der Waals surface area contributed by atoms with E-state index in [9.17, 15) is 14.2 Å². The molecule has 0 spiro atoms. The maximum absolute atomic E-state index is 13.2. The number of hydrogen-bond donors (Lipinski definition) is 0. The van der Waals surface area contributed by atoms with E-state index in [1.807, 2.05) is 39.3 Å². The van der Waals surface area contributed by atoms with Crippen LogP contribution in [-0.4, -0.2) is 47.0 Å². The van der Waals surface area contributed by atoms with E-state index in [4.69, 9.17) is 13.4 Å². The van der Waals surface area contributed by atoms with Gasteiger partial charge in [0.2, 0.25) is 15.7 Å². The van der Waals surface area contributed by atoms with Crippen molar-refractivity contribution in [2.24, 2.45) is 0 Å². The van der Waals surface area contributed by atoms with Crippen molar-refractivity contribution in [3.05, 3.63) is 0 Å². The highest BCUT2D eigenvalue weighted by Crippen LogP contribution is 2.57. The average molecular weight is 366 g/mol. The summed E-state index contributed by atoms with van der Waals surface area (Å²) in [4.78, 5) is 23.2. The molecule has 2 unspecified atom stereocenters. The second kappa shape index (κ2) is 6.99. The Balaban J connectivity index is 2.77. The molecule has 0 saturated carbocycles. The van der Waals surface area contributed by atoms with Gasteiger partial charge in [-0.25, -0.2) is 0 Å². The fourth-order valence-electron chi connectivity index (χ4n) is 2.16. The first-order valence-electron chi connectivity index (χ1n) is 7.48. The highest BCUT2D eigenvalue weighted by Gasteiger charge is 2.43. The number of cyclic esters (lactones) is 1. The molecule has 9 heteroatoms. The van der Waals surface area contributed by atoms with E-state index in [-0.39, 0.29) is 37.5 Å². The van der Waals surface area contributed by atoms with E-state index in [1.165, 1.54) is 0 Å². The number of carbonyl (C=O) groups is 2. The van der Waals surface area contributed by atoms with Crippen molar-refractivity contribution in [3.63, 3.8) is 0 Å². The van der Waals surface area contributed by atoms with E-state index in [1.54, 1.807) is 0 Å². The predicted molar refractivity (Wildman–Crippen MR) is 90.3 cm³/mol. The van der Waals surface area contributed by atoms with Crippen molar-refractivity contribution >= 4 is 35.9 Å². The third kappa shape index (κ3) is 6.77. The first-order valence-corrected chi connectivity index (χ1v) is 16.2. The van der Waals surface area contributed by atoms with Crippen LogP contribution in [0.2, 0.25) is 39.3 Å². The van der Waals surface area contributed by atoms with Gasteiger partial charge in [0.25, 0.3) is 5.97 Å². The Bertz CT molecular complexity index is 480. The van der Waals surface area contributed by atoms with Gasteiger partial charge < -0.3 is 13.4 Å². The Morgan fingerprint density at radius 1 is 1.23 bits per heavy atom. The molecule has 2 atom stereocenters. The molecule has 1 aliphatic heterocycles. The summed E-state index contributed by atoms with van der Waals surface area (Å²) >= 11 is 0. The number of esters is 1. The van der Waals surface area contributed by atoms with Crippen LogP contribution >= 0.6 is 7.37 Å². The number of hydrogen-bond acceptors (Lipinski definition) is 6. The molecule has 1 aliphatic rings. The van der Waals surface area contributed by atoms with Crippen LogP contribution in [0.3, 0.4) is 0 Å². The Hall–Kier alpha value is -0.436. The molecule has 0 aromatic heterocycles. The lowest BCUT2D eigenvalue weighted by Gasteiger charge is -2.29. The summed E-state index contributed by atoms with van der Waals surface area (Å²) in [6.45, 7) is 11.7. The van der Waals surface area contributed by atoms with Gasteiger partial charge in [-0.15, -0.1) is 0 Å². The Kier molecular flexibility index (Phi) is 6.23. The lowest BCUT2D eigenvalue weighted by Crippen LogP contribution is -2.31. The minimum Gasteiger partial charge on any atom is -0.520 e. The summed E-state index contributed by atoms with van der Waals surface area (Å²) in [7, 11) is -7.15. The third-order valence-corrected chi connectivity index (χ3v) is 9.43. The monoisotopic (exact) mass is 366 g/mol. The van der Waals surface area contributed by atoms with Crippen LogP contribution in [0, 0.1) is 0 Å². The summed E-state index contributed by atoms with van der Waals surface area (Å²) in [5, 5.41) is 0. The van der Waals surface area contributed by atoms with E-state index < -0.39 is 29.7 Å². The molecule has 0 bridgehead atoms. The number of carbonyl (C=O) groups excluding carboxylic acids is 2. The SMILES string of the molecule is C[Si](C)(C)OC(=O)CCP(=O)(O[Si](C)(C)C)C1COC(=O)C1. The fraction of sp³-hybridized carbons (Fsp3) is 0.846. The molecular weight excluding hydrogens is 339 g/mol. The van der Waals surface area contributed by atoms with Crippen molar-refractivity contribution in [1.29, 1.82) is 0 Å². The molecule has 1 heterocycles. The lowest BCUT2D eigenvalue weighted by molar-refractivity contribution is -0.138. The third-order valence-electron chi connectivity index (χ3n) is 2.87. The minimum absolute atomic E-state index is 0.0523. The molecular formula is C13H27O6PSi2. The molecule has 0 N–H and O–H groups in total. The second-order valence-electron chi connectivity index (χ2n) is 7.53. The zero-order valence-corrected chi connectivity index (χ0v) is 17.2. The second-order valence-corrected chi connectivity index (χ2v) is 19.5. The molecule has 6 nitrogen and oxygen atoms in total. The van der Waals surface area contributed by atoms with Gasteiger partial charge >= 0.3 is 5.97 Å². The maximum Gasteiger partial charge on any atom is 0.306 e. The zero-order valence-electron chi connectivity index (χ0n) is 14.3. The van der Waals surface area contributed by atoms with E-state index in [2.05, 4.69) is 0 Å². The molecule has 0 aromatic carbocycles. The van der Waals surface area contributed by atoms with Crippen LogP contribution in [0.15, 0.2) is 0 Å². The van der Waals surface area contributed by atoms with E-state index in [0.29, 0.717) is 0 Å². The number of ether oxygens (including phenoxy) is 1. The lowest BCUT2D eigenvalue weighted by atomic mass is 10.4. The van der Waals surface area contributed by atoms with Crippen molar-refractivity contribution in [3.8, 4) is 0 Å². The summed E-state index contributed by atoms with van der Waals surface area (Å²) in [5.74, 6) is -0.696. The van der Waals surface area contributed by atoms with Gasteiger partial charge in [-0.1, -0.05) is 0 Å². The molecule has 22 heavy (non-hydrogen) atoms. The first-order chi connectivity index (χ1) is 9.81. The molecule has 0 aromatic rings. The van der Waals surface area contributed by atoms with Crippen molar-refractivity contribution in [2.75, 3.05) is 12.8 Å². The Morgan fingerprint density at radius 3 is 2.23 bits per heavy atom. The van der Waals surface area contributed by atoms with Crippen LogP contribution < -0.4 is 0 Å². The summed E-state index contributed by atoms with van der Waals surface area (Å²) in [6.07, 6.45) is 0.267. The van der Waals surface area contributed by atoms with Gasteiger partial charge in [-0.05, 0) is 39.3 Å². The average Bonchev–Trinajstić information content (AvgIpc) is 2.69. The van der Waals surface area contributed by atoms with Crippen molar-refractivity contribution < 1.29 is 27.5 Å². The quantitative estimate of drug-likeness (QED) is 0.391. The Morgan fingerprint density at radius 2 is 1.82 bits per heavy atom. The van der Waals surface area contributed by atoms with Crippen LogP contribution in [0.5, 0.6) is 0 Å². The largest absolute Gasteiger partial charge is 0.520 e. The van der Waals surface area contributed by atoms with Crippen LogP contribution in [-0.2, 0) is 27.5 Å². The molecule has 0 amide bonds. The van der Waals surface area contributed by atoms with E-state index >= 15 is 0 Å². The van der Waals surface area contributed by atoms with E-state index in [0.717, 1.165) is 0 Å². The first kappa shape index (κ1) is 19.6. The standard InChI is InChI=1S/C13H27O6PSi2/c1-21(2,3)18-12(14)7-8-20(16,19-22(4,5)6)11-9-13(15)17-10-11/h11H,7-10H2,1-6H3. The molecule has 128 valence electrons. The normalized spacial score (nSPS) is 22.1. The summed E-state index contributed by atoms with van der Waals surface area (Å²) in [5.41, 5.74) is -0.439. The van der Waals surface area contributed by atoms with Gasteiger partial charge in [-0.2, -0.15) is 0 Å². The molecule has 1 fully saturated rings. The highest BCUT2D eigenvalue weighted by molar-refractivity contribution is 7.61. The van der Waals surface area contributed by atoms with Gasteiger partial charge in [0, 0.05) is 6.16 Å².